The normalized spacial score (nSPS) is 15.1. The smallest absolute Gasteiger partial charge is 0.417 e. The van der Waals surface area contributed by atoms with Gasteiger partial charge in [0.2, 0.25) is 17.8 Å². The fraction of sp³-hybridized carbons (Fsp3) is 0.448. The number of nitrogens with zero attached hydrogens (tertiary/aromatic N) is 4. The van der Waals surface area contributed by atoms with Crippen LogP contribution in [0.5, 0.6) is 0 Å². The molecule has 4 rings (SSSR count). The highest BCUT2D eigenvalue weighted by Gasteiger charge is 2.31. The van der Waals surface area contributed by atoms with Crippen LogP contribution in [0.4, 0.5) is 16.2 Å². The first-order chi connectivity index (χ1) is 19.5. The molecule has 1 unspecified atom stereocenters. The Labute approximate surface area is 239 Å². The molecule has 12 heteroatoms. The van der Waals surface area contributed by atoms with Crippen LogP contribution in [0.2, 0.25) is 0 Å². The number of carbonyl (C=O) groups excluding carboxylic acids is 4. The predicted octanol–water partition coefficient (Wildman–Crippen LogP) is 3.19. The third kappa shape index (κ3) is 7.80. The summed E-state index contributed by atoms with van der Waals surface area (Å²) >= 11 is 0. The average Bonchev–Trinajstić information content (AvgIpc) is 3.55. The highest BCUT2D eigenvalue weighted by Crippen LogP contribution is 2.32. The van der Waals surface area contributed by atoms with Crippen LogP contribution in [0.15, 0.2) is 47.7 Å². The van der Waals surface area contributed by atoms with Crippen LogP contribution in [0.25, 0.3) is 0 Å². The Bertz CT molecular complexity index is 1320. The number of rotatable bonds is 8. The monoisotopic (exact) mass is 564 g/mol. The van der Waals surface area contributed by atoms with E-state index in [0.29, 0.717) is 49.0 Å². The van der Waals surface area contributed by atoms with Gasteiger partial charge in [-0.2, -0.15) is 0 Å². The molecule has 2 aliphatic heterocycles. The summed E-state index contributed by atoms with van der Waals surface area (Å²) in [5.41, 5.74) is 2.30. The fourth-order valence-electron chi connectivity index (χ4n) is 4.59. The van der Waals surface area contributed by atoms with E-state index in [9.17, 15) is 19.2 Å². The zero-order chi connectivity index (χ0) is 29.6. The summed E-state index contributed by atoms with van der Waals surface area (Å²) in [4.78, 5) is 62.4. The topological polar surface area (TPSA) is 143 Å². The van der Waals surface area contributed by atoms with Crippen LogP contribution in [0.3, 0.4) is 0 Å². The number of guanidine groups is 1. The molecule has 1 aromatic carbocycles. The van der Waals surface area contributed by atoms with E-state index in [2.05, 4.69) is 20.6 Å². The van der Waals surface area contributed by atoms with Gasteiger partial charge in [0.15, 0.2) is 0 Å². The van der Waals surface area contributed by atoms with Crippen molar-refractivity contribution in [1.29, 1.82) is 0 Å². The molecule has 0 fully saturated rings. The first kappa shape index (κ1) is 29.5. The zero-order valence-corrected chi connectivity index (χ0v) is 23.8. The number of benzene rings is 1. The Balaban J connectivity index is 1.41. The SMILES string of the molecule is CCOC(=O)CC(NC(=O)CC(=O)N1CCc2ccc(NC3=NCCN3C(=O)OC(C)(C)C)cc21)c1cccnc1. The standard InChI is InChI=1S/C29H36N6O6/c1-5-40-26(38)16-22(20-7-6-11-30-18-20)33-24(36)17-25(37)34-13-10-19-8-9-21(15-23(19)34)32-27-31-12-14-35(27)28(39)41-29(2,3)4/h6-9,11,15,18,22H,5,10,12-14,16-17H2,1-4H3,(H,31,32)(H,33,36). The quantitative estimate of drug-likeness (QED) is 0.368. The number of ether oxygens (including phenoxy) is 2. The highest BCUT2D eigenvalue weighted by atomic mass is 16.6. The van der Waals surface area contributed by atoms with E-state index in [-0.39, 0.29) is 18.9 Å². The van der Waals surface area contributed by atoms with Crippen molar-refractivity contribution >= 4 is 41.2 Å². The predicted molar refractivity (Wildman–Crippen MR) is 152 cm³/mol. The first-order valence-electron chi connectivity index (χ1n) is 13.6. The minimum absolute atomic E-state index is 0.0781. The number of nitrogens with one attached hydrogen (secondary N) is 2. The van der Waals surface area contributed by atoms with Crippen molar-refractivity contribution in [2.24, 2.45) is 4.99 Å². The zero-order valence-electron chi connectivity index (χ0n) is 23.8. The van der Waals surface area contributed by atoms with E-state index in [1.807, 2.05) is 18.2 Å². The number of aromatic nitrogens is 1. The lowest BCUT2D eigenvalue weighted by atomic mass is 10.1. The minimum Gasteiger partial charge on any atom is -0.466 e. The van der Waals surface area contributed by atoms with Gasteiger partial charge in [-0.1, -0.05) is 12.1 Å². The molecule has 41 heavy (non-hydrogen) atoms. The van der Waals surface area contributed by atoms with Crippen molar-refractivity contribution in [3.05, 3.63) is 53.9 Å². The molecule has 1 aromatic heterocycles. The van der Waals surface area contributed by atoms with Gasteiger partial charge >= 0.3 is 12.1 Å². The van der Waals surface area contributed by atoms with Gasteiger partial charge in [0.25, 0.3) is 0 Å². The van der Waals surface area contributed by atoms with Crippen molar-refractivity contribution in [2.45, 2.75) is 58.6 Å². The molecule has 0 saturated heterocycles. The molecule has 2 aromatic rings. The lowest BCUT2D eigenvalue weighted by Gasteiger charge is -2.25. The Morgan fingerprint density at radius 3 is 2.61 bits per heavy atom. The lowest BCUT2D eigenvalue weighted by molar-refractivity contribution is -0.143. The summed E-state index contributed by atoms with van der Waals surface area (Å²) in [6, 6.07) is 8.37. The van der Waals surface area contributed by atoms with Crippen LogP contribution < -0.4 is 15.5 Å². The maximum atomic E-state index is 13.2. The summed E-state index contributed by atoms with van der Waals surface area (Å²) in [5.74, 6) is -0.965. The molecule has 0 spiro atoms. The second kappa shape index (κ2) is 12.8. The van der Waals surface area contributed by atoms with Crippen molar-refractivity contribution < 1.29 is 28.7 Å². The van der Waals surface area contributed by atoms with E-state index in [0.717, 1.165) is 5.56 Å². The number of pyridine rings is 1. The minimum atomic E-state index is -0.676. The van der Waals surface area contributed by atoms with Gasteiger partial charge in [0, 0.05) is 30.3 Å². The number of carbonyl (C=O) groups is 4. The molecule has 3 heterocycles. The third-order valence-corrected chi connectivity index (χ3v) is 6.40. The number of anilines is 2. The third-order valence-electron chi connectivity index (χ3n) is 6.40. The van der Waals surface area contributed by atoms with Crippen LogP contribution in [0.1, 0.15) is 57.7 Å². The van der Waals surface area contributed by atoms with Crippen LogP contribution in [0, 0.1) is 0 Å². The number of hydrogen-bond donors (Lipinski definition) is 2. The number of hydrogen-bond acceptors (Lipinski definition) is 9. The van der Waals surface area contributed by atoms with E-state index in [1.165, 1.54) is 4.90 Å². The molecule has 0 bridgehead atoms. The van der Waals surface area contributed by atoms with Crippen LogP contribution >= 0.6 is 0 Å². The van der Waals surface area contributed by atoms with E-state index >= 15 is 0 Å². The number of fused-ring (bicyclic) bond motifs is 1. The first-order valence-corrected chi connectivity index (χ1v) is 13.6. The maximum absolute atomic E-state index is 13.2. The van der Waals surface area contributed by atoms with Crippen molar-refractivity contribution in [3.8, 4) is 0 Å². The molecule has 2 N–H and O–H groups in total. The van der Waals surface area contributed by atoms with Crippen molar-refractivity contribution in [2.75, 3.05) is 36.5 Å². The average molecular weight is 565 g/mol. The van der Waals surface area contributed by atoms with Gasteiger partial charge in [0.1, 0.15) is 12.0 Å². The molecule has 218 valence electrons. The second-order valence-electron chi connectivity index (χ2n) is 10.7. The Morgan fingerprint density at radius 2 is 1.90 bits per heavy atom. The summed E-state index contributed by atoms with van der Waals surface area (Å²) in [6.07, 6.45) is 2.85. The molecule has 0 radical (unpaired) electrons. The molecular weight excluding hydrogens is 528 g/mol. The molecule has 0 saturated carbocycles. The van der Waals surface area contributed by atoms with E-state index < -0.39 is 36.0 Å². The number of aliphatic imine (C=N–C) groups is 1. The maximum Gasteiger partial charge on any atom is 0.417 e. The van der Waals surface area contributed by atoms with Gasteiger partial charge in [-0.15, -0.1) is 0 Å². The largest absolute Gasteiger partial charge is 0.466 e. The van der Waals surface area contributed by atoms with Gasteiger partial charge < -0.3 is 25.0 Å². The lowest BCUT2D eigenvalue weighted by Crippen LogP contribution is -2.41. The van der Waals surface area contributed by atoms with Crippen LogP contribution in [-0.4, -0.2) is 71.6 Å². The van der Waals surface area contributed by atoms with Crippen molar-refractivity contribution in [1.82, 2.24) is 15.2 Å². The highest BCUT2D eigenvalue weighted by molar-refractivity contribution is 6.07. The number of amides is 3. The van der Waals surface area contributed by atoms with Gasteiger partial charge in [-0.05, 0) is 63.4 Å². The molecule has 0 aliphatic carbocycles. The van der Waals surface area contributed by atoms with Gasteiger partial charge in [0.05, 0.1) is 32.2 Å². The Morgan fingerprint density at radius 1 is 1.10 bits per heavy atom. The molecule has 1 atom stereocenters. The summed E-state index contributed by atoms with van der Waals surface area (Å²) in [7, 11) is 0. The summed E-state index contributed by atoms with van der Waals surface area (Å²) in [5, 5.41) is 5.96. The number of esters is 1. The molecular formula is C29H36N6O6. The van der Waals surface area contributed by atoms with Gasteiger partial charge in [-0.25, -0.2) is 9.69 Å². The van der Waals surface area contributed by atoms with Crippen LogP contribution in [-0.2, 0) is 30.3 Å². The van der Waals surface area contributed by atoms with E-state index in [4.69, 9.17) is 9.47 Å². The van der Waals surface area contributed by atoms with E-state index in [1.54, 1.807) is 57.1 Å². The second-order valence-corrected chi connectivity index (χ2v) is 10.7. The molecule has 2 aliphatic rings. The van der Waals surface area contributed by atoms with Crippen molar-refractivity contribution in [3.63, 3.8) is 0 Å². The summed E-state index contributed by atoms with van der Waals surface area (Å²) in [6.45, 7) is 8.63. The molecule has 12 nitrogen and oxygen atoms in total. The molecule has 3 amide bonds. The fourth-order valence-corrected chi connectivity index (χ4v) is 4.59. The summed E-state index contributed by atoms with van der Waals surface area (Å²) < 4.78 is 10.5. The Hall–Kier alpha value is -4.48. The Kier molecular flexibility index (Phi) is 9.21. The van der Waals surface area contributed by atoms with Gasteiger partial charge in [-0.3, -0.25) is 24.4 Å².